The van der Waals surface area contributed by atoms with Crippen molar-refractivity contribution >= 4 is 26.8 Å². The molecule has 0 N–H and O–H groups in total. The van der Waals surface area contributed by atoms with E-state index in [-0.39, 0.29) is 11.4 Å². The van der Waals surface area contributed by atoms with E-state index in [1.165, 1.54) is 6.07 Å². The summed E-state index contributed by atoms with van der Waals surface area (Å²) in [5.74, 6) is 0.287. The van der Waals surface area contributed by atoms with E-state index in [0.717, 1.165) is 21.3 Å². The minimum Gasteiger partial charge on any atom is -0.268 e. The van der Waals surface area contributed by atoms with Crippen molar-refractivity contribution in [3.8, 4) is 5.69 Å². The van der Waals surface area contributed by atoms with Gasteiger partial charge in [-0.05, 0) is 55.7 Å². The van der Waals surface area contributed by atoms with E-state index in [1.807, 2.05) is 46.8 Å². The molecule has 5 heteroatoms. The summed E-state index contributed by atoms with van der Waals surface area (Å²) in [6.07, 6.45) is 0.579. The Kier molecular flexibility index (Phi) is 6.34. The number of aromatic nitrogens is 2. The average Bonchev–Trinajstić information content (AvgIpc) is 2.59. The highest BCUT2D eigenvalue weighted by atomic mass is 79.9. The lowest BCUT2D eigenvalue weighted by Gasteiger charge is -2.17. The van der Waals surface area contributed by atoms with Crippen molar-refractivity contribution in [1.29, 1.82) is 0 Å². The summed E-state index contributed by atoms with van der Waals surface area (Å²) in [7, 11) is 0. The first-order chi connectivity index (χ1) is 12.3. The van der Waals surface area contributed by atoms with Gasteiger partial charge in [-0.2, -0.15) is 0 Å². The molecule has 0 bridgehead atoms. The van der Waals surface area contributed by atoms with Gasteiger partial charge in [-0.1, -0.05) is 36.7 Å². The van der Waals surface area contributed by atoms with Crippen molar-refractivity contribution in [2.45, 2.75) is 48.0 Å². The molecule has 0 saturated heterocycles. The second-order valence-corrected chi connectivity index (χ2v) is 6.94. The van der Waals surface area contributed by atoms with Crippen LogP contribution in [0.5, 0.6) is 0 Å². The molecule has 0 radical (unpaired) electrons. The molecule has 0 aliphatic heterocycles. The first-order valence-electron chi connectivity index (χ1n) is 8.82. The highest BCUT2D eigenvalue weighted by Crippen LogP contribution is 2.25. The van der Waals surface area contributed by atoms with Gasteiger partial charge in [0, 0.05) is 17.0 Å². The maximum absolute atomic E-state index is 13.9. The Labute approximate surface area is 162 Å². The van der Waals surface area contributed by atoms with Crippen LogP contribution in [0.2, 0.25) is 0 Å². The van der Waals surface area contributed by atoms with Crippen molar-refractivity contribution in [2.24, 2.45) is 0 Å². The zero-order chi connectivity index (χ0) is 19.6. The summed E-state index contributed by atoms with van der Waals surface area (Å²) in [6, 6.07) is 6.89. The van der Waals surface area contributed by atoms with Gasteiger partial charge in [0.1, 0.15) is 11.6 Å². The Hall–Kier alpha value is -2.01. The number of fused-ring (bicyclic) bond motifs is 1. The molecule has 0 unspecified atom stereocenters. The van der Waals surface area contributed by atoms with Crippen LogP contribution in [0.1, 0.15) is 43.3 Å². The molecule has 0 saturated carbocycles. The lowest BCUT2D eigenvalue weighted by atomic mass is 10.1. The van der Waals surface area contributed by atoms with Crippen LogP contribution in [0, 0.1) is 26.6 Å². The van der Waals surface area contributed by atoms with Crippen LogP contribution in [0.15, 0.2) is 33.5 Å². The van der Waals surface area contributed by atoms with Crippen molar-refractivity contribution in [2.75, 3.05) is 0 Å². The Morgan fingerprint density at radius 2 is 1.62 bits per heavy atom. The fourth-order valence-corrected chi connectivity index (χ4v) is 3.77. The van der Waals surface area contributed by atoms with Crippen molar-refractivity contribution in [1.82, 2.24) is 9.55 Å². The number of hydrogen-bond donors (Lipinski definition) is 0. The number of benzene rings is 2. The van der Waals surface area contributed by atoms with Gasteiger partial charge >= 0.3 is 0 Å². The second kappa shape index (κ2) is 8.12. The van der Waals surface area contributed by atoms with Gasteiger partial charge in [-0.25, -0.2) is 9.37 Å². The Morgan fingerprint density at radius 1 is 1.04 bits per heavy atom. The van der Waals surface area contributed by atoms with Gasteiger partial charge in [0.15, 0.2) is 0 Å². The van der Waals surface area contributed by atoms with Gasteiger partial charge in [-0.15, -0.1) is 0 Å². The monoisotopic (exact) mass is 418 g/mol. The molecule has 138 valence electrons. The zero-order valence-corrected chi connectivity index (χ0v) is 17.7. The topological polar surface area (TPSA) is 34.9 Å². The standard InChI is InChI=1S/C19H18BrFN2O.C2H6/c1-5-17-22-16-9-15(21)10(2)8-14(16)19(24)23(17)18-11(3)6-13(20)7-12(18)4;1-2/h6-9H,5H2,1-4H3;1-2H3. The molecule has 0 spiro atoms. The van der Waals surface area contributed by atoms with Gasteiger partial charge < -0.3 is 0 Å². The second-order valence-electron chi connectivity index (χ2n) is 6.03. The van der Waals surface area contributed by atoms with Crippen LogP contribution < -0.4 is 5.56 Å². The highest BCUT2D eigenvalue weighted by molar-refractivity contribution is 9.10. The van der Waals surface area contributed by atoms with Crippen molar-refractivity contribution in [3.63, 3.8) is 0 Å². The van der Waals surface area contributed by atoms with E-state index in [2.05, 4.69) is 20.9 Å². The van der Waals surface area contributed by atoms with E-state index < -0.39 is 0 Å². The fraction of sp³-hybridized carbons (Fsp3) is 0.333. The molecular formula is C21H24BrFN2O. The lowest BCUT2D eigenvalue weighted by Crippen LogP contribution is -2.25. The Balaban J connectivity index is 0.00000117. The van der Waals surface area contributed by atoms with Crippen molar-refractivity contribution < 1.29 is 4.39 Å². The van der Waals surface area contributed by atoms with Crippen LogP contribution in [-0.4, -0.2) is 9.55 Å². The smallest absolute Gasteiger partial charge is 0.265 e. The summed E-state index contributed by atoms with van der Waals surface area (Å²) in [5, 5.41) is 0.438. The van der Waals surface area contributed by atoms with Crippen molar-refractivity contribution in [3.05, 3.63) is 67.4 Å². The third-order valence-corrected chi connectivity index (χ3v) is 4.67. The van der Waals surface area contributed by atoms with Crippen LogP contribution >= 0.6 is 15.9 Å². The minimum absolute atomic E-state index is 0.159. The molecule has 1 aromatic heterocycles. The molecule has 0 aliphatic carbocycles. The summed E-state index contributed by atoms with van der Waals surface area (Å²) < 4.78 is 16.5. The summed E-state index contributed by atoms with van der Waals surface area (Å²) in [4.78, 5) is 17.7. The molecule has 3 aromatic rings. The van der Waals surface area contributed by atoms with E-state index >= 15 is 0 Å². The predicted molar refractivity (Wildman–Crippen MR) is 110 cm³/mol. The van der Waals surface area contributed by atoms with E-state index in [9.17, 15) is 9.18 Å². The predicted octanol–water partition coefficient (Wildman–Crippen LogP) is 5.80. The molecule has 0 aliphatic rings. The average molecular weight is 419 g/mol. The SMILES string of the molecule is CC.CCc1nc2cc(F)c(C)cc2c(=O)n1-c1c(C)cc(Br)cc1C. The number of aryl methyl sites for hydroxylation is 4. The van der Waals surface area contributed by atoms with E-state index in [4.69, 9.17) is 0 Å². The molecule has 3 nitrogen and oxygen atoms in total. The van der Waals surface area contributed by atoms with Gasteiger partial charge in [0.2, 0.25) is 0 Å². The molecule has 3 rings (SSSR count). The third-order valence-electron chi connectivity index (χ3n) is 4.21. The van der Waals surface area contributed by atoms with E-state index in [1.54, 1.807) is 17.6 Å². The minimum atomic E-state index is -0.342. The quantitative estimate of drug-likeness (QED) is 0.526. The van der Waals surface area contributed by atoms with Crippen LogP contribution in [0.25, 0.3) is 16.6 Å². The first-order valence-corrected chi connectivity index (χ1v) is 9.61. The maximum Gasteiger partial charge on any atom is 0.265 e. The normalized spacial score (nSPS) is 10.6. The van der Waals surface area contributed by atoms with Crippen LogP contribution in [0.4, 0.5) is 4.39 Å². The fourth-order valence-electron chi connectivity index (χ4n) is 3.09. The molecule has 2 aromatic carbocycles. The van der Waals surface area contributed by atoms with Gasteiger partial charge in [0.25, 0.3) is 5.56 Å². The number of hydrogen-bond acceptors (Lipinski definition) is 2. The zero-order valence-electron chi connectivity index (χ0n) is 16.1. The maximum atomic E-state index is 13.9. The largest absolute Gasteiger partial charge is 0.268 e. The Morgan fingerprint density at radius 3 is 2.15 bits per heavy atom. The van der Waals surface area contributed by atoms with Crippen LogP contribution in [-0.2, 0) is 6.42 Å². The van der Waals surface area contributed by atoms with Gasteiger partial charge in [-0.3, -0.25) is 9.36 Å². The third kappa shape index (κ3) is 3.58. The molecule has 0 atom stereocenters. The van der Waals surface area contributed by atoms with Crippen LogP contribution in [0.3, 0.4) is 0 Å². The number of halogens is 2. The summed E-state index contributed by atoms with van der Waals surface area (Å²) in [6.45, 7) is 11.5. The summed E-state index contributed by atoms with van der Waals surface area (Å²) >= 11 is 3.49. The summed E-state index contributed by atoms with van der Waals surface area (Å²) in [5.41, 5.74) is 3.51. The van der Waals surface area contributed by atoms with Gasteiger partial charge in [0.05, 0.1) is 16.6 Å². The molecule has 0 amide bonds. The lowest BCUT2D eigenvalue weighted by molar-refractivity contribution is 0.620. The van der Waals surface area contributed by atoms with E-state index in [0.29, 0.717) is 28.7 Å². The molecule has 26 heavy (non-hydrogen) atoms. The Bertz CT molecular complexity index is 1000. The molecule has 0 fully saturated rings. The highest BCUT2D eigenvalue weighted by Gasteiger charge is 2.16. The molecule has 1 heterocycles. The number of rotatable bonds is 2. The first kappa shape index (κ1) is 20.3. The number of nitrogens with zero attached hydrogens (tertiary/aromatic N) is 2. The molecular weight excluding hydrogens is 395 g/mol.